The van der Waals surface area contributed by atoms with Crippen molar-refractivity contribution < 1.29 is 28.8 Å². The fourth-order valence-electron chi connectivity index (χ4n) is 5.83. The summed E-state index contributed by atoms with van der Waals surface area (Å²) in [4.78, 5) is 0.196. The molecule has 1 aliphatic carbocycles. The van der Waals surface area contributed by atoms with Crippen LogP contribution < -0.4 is 0 Å². The van der Waals surface area contributed by atoms with Crippen molar-refractivity contribution in [1.29, 1.82) is 0 Å². The van der Waals surface area contributed by atoms with Gasteiger partial charge in [-0.3, -0.25) is 0 Å². The Morgan fingerprint density at radius 2 is 0.682 bits per heavy atom. The highest BCUT2D eigenvalue weighted by molar-refractivity contribution is 7.91. The minimum absolute atomic E-state index is 0.00894. The summed E-state index contributed by atoms with van der Waals surface area (Å²) < 4.78 is 24.2. The largest absolute Gasteiger partial charge is 0.508 e. The number of rotatable bonds is 4. The summed E-state index contributed by atoms with van der Waals surface area (Å²) in [5, 5.41) is 37.9. The third-order valence-corrected chi connectivity index (χ3v) is 9.63. The molecule has 6 aromatic carbocycles. The summed E-state index contributed by atoms with van der Waals surface area (Å²) in [6.45, 7) is 0. The van der Waals surface area contributed by atoms with Gasteiger partial charge >= 0.3 is 0 Å². The lowest BCUT2D eigenvalue weighted by Gasteiger charge is -2.33. The zero-order chi connectivity index (χ0) is 30.9. The molecule has 0 unspecified atom stereocenters. The molecule has 1 aliphatic rings. The van der Waals surface area contributed by atoms with E-state index in [2.05, 4.69) is 48.5 Å². The van der Waals surface area contributed by atoms with Gasteiger partial charge in [-0.25, -0.2) is 8.42 Å². The highest BCUT2D eigenvalue weighted by atomic mass is 32.2. The highest BCUT2D eigenvalue weighted by Crippen LogP contribution is 2.56. The molecule has 218 valence electrons. The van der Waals surface area contributed by atoms with Crippen molar-refractivity contribution in [1.82, 2.24) is 0 Å². The van der Waals surface area contributed by atoms with E-state index in [1.807, 2.05) is 24.3 Å². The predicted octanol–water partition coefficient (Wildman–Crippen LogP) is 7.39. The maximum absolute atomic E-state index is 12.1. The smallest absolute Gasteiger partial charge is 0.206 e. The molecule has 0 bridgehead atoms. The van der Waals surface area contributed by atoms with E-state index in [4.69, 9.17) is 10.2 Å². The van der Waals surface area contributed by atoms with Crippen molar-refractivity contribution in [2.75, 3.05) is 0 Å². The highest BCUT2D eigenvalue weighted by Gasteiger charge is 2.45. The molecule has 0 aliphatic heterocycles. The summed E-state index contributed by atoms with van der Waals surface area (Å²) in [6.07, 6.45) is 0. The molecule has 0 saturated heterocycles. The van der Waals surface area contributed by atoms with E-state index in [-0.39, 0.29) is 32.8 Å². The monoisotopic (exact) mass is 600 g/mol. The zero-order valence-electron chi connectivity index (χ0n) is 23.4. The van der Waals surface area contributed by atoms with Crippen LogP contribution in [0.4, 0.5) is 0 Å². The number of phenolic OH excluding ortho intramolecular Hbond substituents is 4. The van der Waals surface area contributed by atoms with E-state index in [0.29, 0.717) is 0 Å². The van der Waals surface area contributed by atoms with Gasteiger partial charge in [0.1, 0.15) is 23.0 Å². The van der Waals surface area contributed by atoms with Crippen LogP contribution in [0.15, 0.2) is 155 Å². The van der Waals surface area contributed by atoms with Crippen molar-refractivity contribution in [2.24, 2.45) is 0 Å². The third kappa shape index (κ3) is 4.93. The van der Waals surface area contributed by atoms with Crippen LogP contribution >= 0.6 is 0 Å². The minimum atomic E-state index is -3.59. The van der Waals surface area contributed by atoms with E-state index in [9.17, 15) is 18.6 Å². The van der Waals surface area contributed by atoms with Crippen LogP contribution in [0.3, 0.4) is 0 Å². The van der Waals surface area contributed by atoms with E-state index in [0.717, 1.165) is 11.1 Å². The van der Waals surface area contributed by atoms with Gasteiger partial charge in [0, 0.05) is 0 Å². The van der Waals surface area contributed by atoms with Gasteiger partial charge in [-0.05, 0) is 106 Å². The van der Waals surface area contributed by atoms with E-state index in [1.165, 1.54) is 70.8 Å². The van der Waals surface area contributed by atoms with Gasteiger partial charge in [0.05, 0.1) is 15.2 Å². The number of benzene rings is 6. The first-order chi connectivity index (χ1) is 21.2. The maximum Gasteiger partial charge on any atom is 0.206 e. The van der Waals surface area contributed by atoms with Crippen molar-refractivity contribution >= 4 is 9.84 Å². The topological polar surface area (TPSA) is 115 Å². The Morgan fingerprint density at radius 1 is 0.386 bits per heavy atom. The standard InChI is InChI=1S/C25H18O2.C12H10O4S/c26-19-13-9-17(10-14-19)25(18-11-15-20(27)16-12-18)23-7-3-1-5-21(23)22-6-2-4-8-24(22)25;13-9-1-5-11(6-2-9)17(15,16)12-7-3-10(14)4-8-12/h1-16,26-27H;1-8,13-14H. The van der Waals surface area contributed by atoms with Crippen molar-refractivity contribution in [2.45, 2.75) is 15.2 Å². The molecule has 6 aromatic rings. The SMILES string of the molecule is O=S(=O)(c1ccc(O)cc1)c1ccc(O)cc1.Oc1ccc(C2(c3ccc(O)cc3)c3ccccc3-c3ccccc32)cc1. The van der Waals surface area contributed by atoms with E-state index >= 15 is 0 Å². The second-order valence-electron chi connectivity index (χ2n) is 10.4. The Balaban J connectivity index is 0.000000174. The fraction of sp³-hybridized carbons (Fsp3) is 0.0270. The zero-order valence-corrected chi connectivity index (χ0v) is 24.2. The van der Waals surface area contributed by atoms with E-state index in [1.54, 1.807) is 24.3 Å². The van der Waals surface area contributed by atoms with Gasteiger partial charge in [-0.15, -0.1) is 0 Å². The minimum Gasteiger partial charge on any atom is -0.508 e. The van der Waals surface area contributed by atoms with Gasteiger partial charge < -0.3 is 20.4 Å². The lowest BCUT2D eigenvalue weighted by molar-refractivity contribution is 0.473. The summed E-state index contributed by atoms with van der Waals surface area (Å²) in [6, 6.07) is 42.4. The van der Waals surface area contributed by atoms with Crippen LogP contribution in [0, 0.1) is 0 Å². The summed E-state index contributed by atoms with van der Waals surface area (Å²) in [7, 11) is -3.59. The molecule has 7 heteroatoms. The predicted molar refractivity (Wildman–Crippen MR) is 169 cm³/mol. The average Bonchev–Trinajstić information content (AvgIpc) is 3.34. The third-order valence-electron chi connectivity index (χ3n) is 7.85. The van der Waals surface area contributed by atoms with Crippen LogP contribution in [0.1, 0.15) is 22.3 Å². The Hall–Kier alpha value is -5.53. The Bertz CT molecular complexity index is 1890. The number of hydrogen-bond donors (Lipinski definition) is 4. The van der Waals surface area contributed by atoms with Crippen LogP contribution in [-0.2, 0) is 15.3 Å². The lowest BCUT2D eigenvalue weighted by Crippen LogP contribution is -2.28. The van der Waals surface area contributed by atoms with Gasteiger partial charge in [0.15, 0.2) is 0 Å². The molecular formula is C37H28O6S. The van der Waals surface area contributed by atoms with Crippen LogP contribution in [0.2, 0.25) is 0 Å². The molecule has 0 radical (unpaired) electrons. The first kappa shape index (κ1) is 28.6. The molecule has 0 fully saturated rings. The number of hydrogen-bond acceptors (Lipinski definition) is 6. The molecule has 0 amide bonds. The van der Waals surface area contributed by atoms with E-state index < -0.39 is 15.3 Å². The quantitative estimate of drug-likeness (QED) is 0.167. The molecule has 6 nitrogen and oxygen atoms in total. The first-order valence-electron chi connectivity index (χ1n) is 13.8. The molecule has 44 heavy (non-hydrogen) atoms. The van der Waals surface area contributed by atoms with Crippen LogP contribution in [0.5, 0.6) is 23.0 Å². The number of aromatic hydroxyl groups is 4. The van der Waals surface area contributed by atoms with Crippen molar-refractivity contribution in [3.05, 3.63) is 168 Å². The van der Waals surface area contributed by atoms with Gasteiger partial charge in [0.25, 0.3) is 0 Å². The molecule has 4 N–H and O–H groups in total. The van der Waals surface area contributed by atoms with Crippen molar-refractivity contribution in [3.63, 3.8) is 0 Å². The maximum atomic E-state index is 12.1. The van der Waals surface area contributed by atoms with Crippen LogP contribution in [0.25, 0.3) is 11.1 Å². The lowest BCUT2D eigenvalue weighted by atomic mass is 9.68. The normalized spacial score (nSPS) is 12.8. The molecule has 0 saturated carbocycles. The van der Waals surface area contributed by atoms with Gasteiger partial charge in [-0.1, -0.05) is 72.8 Å². The van der Waals surface area contributed by atoms with Crippen LogP contribution in [-0.4, -0.2) is 28.8 Å². The molecule has 0 heterocycles. The molecular weight excluding hydrogens is 572 g/mol. The second-order valence-corrected chi connectivity index (χ2v) is 12.4. The Morgan fingerprint density at radius 3 is 1.02 bits per heavy atom. The summed E-state index contributed by atoms with van der Waals surface area (Å²) in [5.41, 5.74) is 6.54. The number of sulfone groups is 1. The molecule has 0 spiro atoms. The second kappa shape index (κ2) is 11.3. The first-order valence-corrected chi connectivity index (χ1v) is 15.3. The number of fused-ring (bicyclic) bond motifs is 3. The molecule has 0 atom stereocenters. The molecule has 7 rings (SSSR count). The summed E-state index contributed by atoms with van der Waals surface area (Å²) in [5.74, 6) is 0.516. The van der Waals surface area contributed by atoms with Gasteiger partial charge in [-0.2, -0.15) is 0 Å². The Kier molecular flexibility index (Phi) is 7.33. The van der Waals surface area contributed by atoms with Gasteiger partial charge in [0.2, 0.25) is 9.84 Å². The average molecular weight is 601 g/mol. The fourth-order valence-corrected chi connectivity index (χ4v) is 7.09. The Labute approximate surface area is 255 Å². The number of phenols is 4. The van der Waals surface area contributed by atoms with Crippen molar-refractivity contribution in [3.8, 4) is 34.1 Å². The summed E-state index contributed by atoms with van der Waals surface area (Å²) >= 11 is 0. The molecule has 0 aromatic heterocycles.